The number of nitrogens with zero attached hydrogens (tertiary/aromatic N) is 2. The third-order valence-electron chi connectivity index (χ3n) is 3.79. The first-order chi connectivity index (χ1) is 13.2. The molecule has 2 amide bonds. The average molecular weight is 405 g/mol. The summed E-state index contributed by atoms with van der Waals surface area (Å²) < 4.78 is 5.05. The molecule has 2 rings (SSSR count). The van der Waals surface area contributed by atoms with E-state index in [1.807, 2.05) is 0 Å². The lowest BCUT2D eigenvalue weighted by atomic mass is 10.1. The van der Waals surface area contributed by atoms with Crippen molar-refractivity contribution in [3.63, 3.8) is 0 Å². The van der Waals surface area contributed by atoms with Crippen molar-refractivity contribution in [2.75, 3.05) is 26.0 Å². The van der Waals surface area contributed by atoms with Crippen LogP contribution in [0.15, 0.2) is 24.3 Å². The van der Waals surface area contributed by atoms with Gasteiger partial charge in [0.25, 0.3) is 17.5 Å². The number of non-ortho nitro benzene ring substituents is 1. The van der Waals surface area contributed by atoms with Gasteiger partial charge in [0, 0.05) is 31.8 Å². The number of amides is 2. The van der Waals surface area contributed by atoms with Gasteiger partial charge in [-0.25, -0.2) is 4.79 Å². The van der Waals surface area contributed by atoms with Crippen molar-refractivity contribution in [2.45, 2.75) is 13.8 Å². The van der Waals surface area contributed by atoms with Crippen LogP contribution >= 0.6 is 11.3 Å². The standard InChI is InChI=1S/C18H19N3O6S/c1-5-27-18(24)13-10(2)14(17(23)20(3)4)28-16(13)19-15(22)11-6-8-12(9-7-11)21(25)26/h6-9H,5H2,1-4H3,(H,19,22). The van der Waals surface area contributed by atoms with Crippen LogP contribution in [-0.4, -0.2) is 48.3 Å². The minimum atomic E-state index is -0.645. The maximum absolute atomic E-state index is 12.5. The quantitative estimate of drug-likeness (QED) is 0.448. The molecule has 1 N–H and O–H groups in total. The maximum atomic E-state index is 12.5. The van der Waals surface area contributed by atoms with Gasteiger partial charge in [0.2, 0.25) is 0 Å². The number of hydrogen-bond donors (Lipinski definition) is 1. The summed E-state index contributed by atoms with van der Waals surface area (Å²) in [6.45, 7) is 3.41. The Hall–Kier alpha value is -3.27. The molecule has 0 atom stereocenters. The lowest BCUT2D eigenvalue weighted by Gasteiger charge is -2.09. The Morgan fingerprint density at radius 1 is 1.21 bits per heavy atom. The van der Waals surface area contributed by atoms with Crippen LogP contribution in [0, 0.1) is 17.0 Å². The molecule has 2 aromatic rings. The second-order valence-electron chi connectivity index (χ2n) is 5.94. The van der Waals surface area contributed by atoms with Crippen LogP contribution in [0.5, 0.6) is 0 Å². The molecular weight excluding hydrogens is 386 g/mol. The van der Waals surface area contributed by atoms with E-state index in [1.54, 1.807) is 27.9 Å². The Labute approximate surface area is 165 Å². The highest BCUT2D eigenvalue weighted by Gasteiger charge is 2.27. The number of ether oxygens (including phenoxy) is 1. The average Bonchev–Trinajstić information content (AvgIpc) is 2.97. The molecule has 0 aliphatic carbocycles. The number of carbonyl (C=O) groups excluding carboxylic acids is 3. The predicted octanol–water partition coefficient (Wildman–Crippen LogP) is 3.10. The molecule has 0 spiro atoms. The third kappa shape index (κ3) is 4.34. The molecule has 1 heterocycles. The van der Waals surface area contributed by atoms with Crippen LogP contribution in [0.2, 0.25) is 0 Å². The number of carbonyl (C=O) groups is 3. The molecule has 148 valence electrons. The van der Waals surface area contributed by atoms with E-state index in [2.05, 4.69) is 5.32 Å². The van der Waals surface area contributed by atoms with Crippen LogP contribution in [0.25, 0.3) is 0 Å². The number of esters is 1. The number of rotatable bonds is 6. The Balaban J connectivity index is 2.41. The van der Waals surface area contributed by atoms with Gasteiger partial charge in [0.05, 0.1) is 22.0 Å². The van der Waals surface area contributed by atoms with Crippen molar-refractivity contribution in [3.8, 4) is 0 Å². The number of nitro benzene ring substituents is 1. The largest absolute Gasteiger partial charge is 0.462 e. The van der Waals surface area contributed by atoms with Gasteiger partial charge in [-0.15, -0.1) is 11.3 Å². The highest BCUT2D eigenvalue weighted by atomic mass is 32.1. The Morgan fingerprint density at radius 3 is 2.32 bits per heavy atom. The van der Waals surface area contributed by atoms with E-state index >= 15 is 0 Å². The van der Waals surface area contributed by atoms with Crippen molar-refractivity contribution < 1.29 is 24.0 Å². The summed E-state index contributed by atoms with van der Waals surface area (Å²) in [4.78, 5) is 49.1. The van der Waals surface area contributed by atoms with Crippen LogP contribution < -0.4 is 5.32 Å². The van der Waals surface area contributed by atoms with Crippen molar-refractivity contribution in [1.29, 1.82) is 0 Å². The Morgan fingerprint density at radius 2 is 1.82 bits per heavy atom. The molecule has 0 fully saturated rings. The topological polar surface area (TPSA) is 119 Å². The fourth-order valence-corrected chi connectivity index (χ4v) is 3.58. The summed E-state index contributed by atoms with van der Waals surface area (Å²) in [5, 5.41) is 13.5. The van der Waals surface area contributed by atoms with Crippen LogP contribution in [0.1, 0.15) is 42.9 Å². The molecule has 28 heavy (non-hydrogen) atoms. The fourth-order valence-electron chi connectivity index (χ4n) is 2.37. The minimum absolute atomic E-state index is 0.118. The Bertz CT molecular complexity index is 934. The Kier molecular flexibility index (Phi) is 6.47. The first kappa shape index (κ1) is 21.0. The van der Waals surface area contributed by atoms with Gasteiger partial charge in [-0.3, -0.25) is 19.7 Å². The molecule has 0 saturated heterocycles. The van der Waals surface area contributed by atoms with E-state index in [-0.39, 0.29) is 34.3 Å². The van der Waals surface area contributed by atoms with Crippen LogP contribution in [-0.2, 0) is 4.74 Å². The molecule has 1 aromatic carbocycles. The zero-order valence-corrected chi connectivity index (χ0v) is 16.6. The summed E-state index contributed by atoms with van der Waals surface area (Å²) in [7, 11) is 3.17. The first-order valence-corrected chi connectivity index (χ1v) is 9.07. The van der Waals surface area contributed by atoms with Crippen molar-refractivity contribution in [3.05, 3.63) is 55.9 Å². The summed E-state index contributed by atoms with van der Waals surface area (Å²) in [6, 6.07) is 5.04. The molecule has 0 aliphatic rings. The molecule has 0 bridgehead atoms. The smallest absolute Gasteiger partial charge is 0.341 e. The highest BCUT2D eigenvalue weighted by Crippen LogP contribution is 2.34. The van der Waals surface area contributed by atoms with Crippen LogP contribution in [0.4, 0.5) is 10.7 Å². The fraction of sp³-hybridized carbons (Fsp3) is 0.278. The van der Waals surface area contributed by atoms with Gasteiger partial charge in [0.1, 0.15) is 5.00 Å². The third-order valence-corrected chi connectivity index (χ3v) is 4.99. The molecule has 0 radical (unpaired) electrons. The van der Waals surface area contributed by atoms with Gasteiger partial charge < -0.3 is 15.0 Å². The van der Waals surface area contributed by atoms with Crippen molar-refractivity contribution >= 4 is 39.8 Å². The predicted molar refractivity (Wildman–Crippen MR) is 104 cm³/mol. The van der Waals surface area contributed by atoms with Gasteiger partial charge in [0.15, 0.2) is 0 Å². The summed E-state index contributed by atoms with van der Waals surface area (Å²) in [5.74, 6) is -1.51. The number of thiophene rings is 1. The lowest BCUT2D eigenvalue weighted by Crippen LogP contribution is -2.21. The second kappa shape index (κ2) is 8.61. The van der Waals surface area contributed by atoms with Gasteiger partial charge in [-0.1, -0.05) is 0 Å². The number of hydrogen-bond acceptors (Lipinski definition) is 7. The van der Waals surface area contributed by atoms with Crippen LogP contribution in [0.3, 0.4) is 0 Å². The monoisotopic (exact) mass is 405 g/mol. The van der Waals surface area contributed by atoms with E-state index in [0.29, 0.717) is 10.4 Å². The van der Waals surface area contributed by atoms with Crippen molar-refractivity contribution in [1.82, 2.24) is 4.90 Å². The molecule has 0 saturated carbocycles. The molecule has 0 unspecified atom stereocenters. The van der Waals surface area contributed by atoms with Gasteiger partial charge in [-0.2, -0.15) is 0 Å². The van der Waals surface area contributed by atoms with Crippen molar-refractivity contribution in [2.24, 2.45) is 0 Å². The molecule has 1 aromatic heterocycles. The highest BCUT2D eigenvalue weighted by molar-refractivity contribution is 7.18. The minimum Gasteiger partial charge on any atom is -0.462 e. The SMILES string of the molecule is CCOC(=O)c1c(NC(=O)c2ccc([N+](=O)[O-])cc2)sc(C(=O)N(C)C)c1C. The van der Waals surface area contributed by atoms with E-state index in [4.69, 9.17) is 4.74 Å². The first-order valence-electron chi connectivity index (χ1n) is 8.25. The molecule has 9 nitrogen and oxygen atoms in total. The zero-order valence-electron chi connectivity index (χ0n) is 15.8. The van der Waals surface area contributed by atoms with E-state index in [0.717, 1.165) is 11.3 Å². The number of nitro groups is 1. The summed E-state index contributed by atoms with van der Waals surface area (Å²) in [5.41, 5.74) is 0.565. The van der Waals surface area contributed by atoms with Gasteiger partial charge >= 0.3 is 5.97 Å². The van der Waals surface area contributed by atoms with Gasteiger partial charge in [-0.05, 0) is 31.5 Å². The normalized spacial score (nSPS) is 10.3. The summed E-state index contributed by atoms with van der Waals surface area (Å²) in [6.07, 6.45) is 0. The van der Waals surface area contributed by atoms with E-state index in [9.17, 15) is 24.5 Å². The second-order valence-corrected chi connectivity index (χ2v) is 6.96. The van der Waals surface area contributed by atoms with E-state index in [1.165, 1.54) is 29.2 Å². The number of anilines is 1. The van der Waals surface area contributed by atoms with E-state index < -0.39 is 16.8 Å². The maximum Gasteiger partial charge on any atom is 0.341 e. The number of nitrogens with one attached hydrogen (secondary N) is 1. The molecule has 0 aliphatic heterocycles. The lowest BCUT2D eigenvalue weighted by molar-refractivity contribution is -0.384. The molecular formula is C18H19N3O6S. The summed E-state index contributed by atoms with van der Waals surface area (Å²) >= 11 is 0.976. The molecule has 10 heteroatoms. The zero-order chi connectivity index (χ0) is 21.0. The number of benzene rings is 1.